The van der Waals surface area contributed by atoms with Gasteiger partial charge >= 0.3 is 0 Å². The number of aromatic nitrogens is 3. The molecular weight excluding hydrogens is 292 g/mol. The van der Waals surface area contributed by atoms with Gasteiger partial charge in [0.15, 0.2) is 10.6 Å². The van der Waals surface area contributed by atoms with E-state index in [1.807, 2.05) is 22.1 Å². The molecular formula is C13H16N4OS2. The van der Waals surface area contributed by atoms with E-state index >= 15 is 0 Å². The normalized spacial score (nSPS) is 14.4. The lowest BCUT2D eigenvalue weighted by atomic mass is 10.3. The maximum Gasteiger partial charge on any atom is 0.220 e. The summed E-state index contributed by atoms with van der Waals surface area (Å²) >= 11 is 6.89. The van der Waals surface area contributed by atoms with E-state index in [0.717, 1.165) is 30.0 Å². The fourth-order valence-electron chi connectivity index (χ4n) is 2.04. The summed E-state index contributed by atoms with van der Waals surface area (Å²) < 4.78 is 2.57. The van der Waals surface area contributed by atoms with Crippen molar-refractivity contribution in [2.24, 2.45) is 0 Å². The van der Waals surface area contributed by atoms with Gasteiger partial charge in [-0.15, -0.1) is 11.3 Å². The van der Waals surface area contributed by atoms with Crippen molar-refractivity contribution in [3.63, 3.8) is 0 Å². The smallest absolute Gasteiger partial charge is 0.220 e. The van der Waals surface area contributed by atoms with Gasteiger partial charge in [0.2, 0.25) is 5.91 Å². The van der Waals surface area contributed by atoms with Crippen LogP contribution in [-0.2, 0) is 11.3 Å². The van der Waals surface area contributed by atoms with Crippen LogP contribution in [0.25, 0.3) is 10.7 Å². The van der Waals surface area contributed by atoms with E-state index in [2.05, 4.69) is 15.5 Å². The first-order valence-electron chi connectivity index (χ1n) is 6.72. The average Bonchev–Trinajstić information content (AvgIpc) is 2.93. The van der Waals surface area contributed by atoms with Crippen LogP contribution in [0.4, 0.5) is 0 Å². The molecule has 0 aromatic carbocycles. The Labute approximate surface area is 126 Å². The highest BCUT2D eigenvalue weighted by Crippen LogP contribution is 2.23. The number of hydrogen-bond donors (Lipinski definition) is 2. The number of aromatic amines is 1. The zero-order valence-corrected chi connectivity index (χ0v) is 12.6. The van der Waals surface area contributed by atoms with Crippen LogP contribution in [0.3, 0.4) is 0 Å². The van der Waals surface area contributed by atoms with Gasteiger partial charge in [-0.05, 0) is 42.9 Å². The summed E-state index contributed by atoms with van der Waals surface area (Å²) in [7, 11) is 0. The SMILES string of the molecule is O=C(CCCn1c(-c2cccs2)n[nH]c1=S)NC1CC1. The summed E-state index contributed by atoms with van der Waals surface area (Å²) in [6, 6.07) is 4.44. The summed E-state index contributed by atoms with van der Waals surface area (Å²) in [6.45, 7) is 0.709. The second-order valence-corrected chi connectivity index (χ2v) is 6.26. The third-order valence-corrected chi connectivity index (χ3v) is 4.41. The first-order chi connectivity index (χ1) is 9.74. The largest absolute Gasteiger partial charge is 0.353 e. The number of H-pyrrole nitrogens is 1. The van der Waals surface area contributed by atoms with Gasteiger partial charge in [0.1, 0.15) is 0 Å². The number of carbonyl (C=O) groups excluding carboxylic acids is 1. The summed E-state index contributed by atoms with van der Waals surface area (Å²) in [5.74, 6) is 0.993. The van der Waals surface area contributed by atoms with Crippen LogP contribution in [0, 0.1) is 4.77 Å². The third-order valence-electron chi connectivity index (χ3n) is 3.23. The molecule has 0 aliphatic heterocycles. The fourth-order valence-corrected chi connectivity index (χ4v) is 2.99. The highest BCUT2D eigenvalue weighted by atomic mass is 32.1. The maximum absolute atomic E-state index is 11.7. The fraction of sp³-hybridized carbons (Fsp3) is 0.462. The molecule has 20 heavy (non-hydrogen) atoms. The van der Waals surface area contributed by atoms with E-state index in [1.165, 1.54) is 0 Å². The van der Waals surface area contributed by atoms with Gasteiger partial charge in [-0.3, -0.25) is 14.5 Å². The van der Waals surface area contributed by atoms with Crippen molar-refractivity contribution in [1.29, 1.82) is 0 Å². The Morgan fingerprint density at radius 1 is 1.60 bits per heavy atom. The van der Waals surface area contributed by atoms with Gasteiger partial charge in [-0.25, -0.2) is 0 Å². The number of carbonyl (C=O) groups is 1. The molecule has 1 aliphatic rings. The third kappa shape index (κ3) is 3.16. The van der Waals surface area contributed by atoms with Gasteiger partial charge in [0.05, 0.1) is 4.88 Å². The molecule has 0 atom stereocenters. The van der Waals surface area contributed by atoms with Crippen molar-refractivity contribution < 1.29 is 4.79 Å². The number of nitrogens with one attached hydrogen (secondary N) is 2. The predicted octanol–water partition coefficient (Wildman–Crippen LogP) is 2.73. The molecule has 0 saturated heterocycles. The molecule has 2 aromatic rings. The lowest BCUT2D eigenvalue weighted by molar-refractivity contribution is -0.121. The molecule has 0 unspecified atom stereocenters. The van der Waals surface area contributed by atoms with Crippen LogP contribution in [0.15, 0.2) is 17.5 Å². The Morgan fingerprint density at radius 2 is 2.45 bits per heavy atom. The number of amides is 1. The van der Waals surface area contributed by atoms with Crippen LogP contribution < -0.4 is 5.32 Å². The second kappa shape index (κ2) is 5.88. The van der Waals surface area contributed by atoms with E-state index < -0.39 is 0 Å². The minimum atomic E-state index is 0.139. The molecule has 1 fully saturated rings. The molecule has 2 heterocycles. The van der Waals surface area contributed by atoms with Gasteiger partial charge in [-0.1, -0.05) is 6.07 Å². The van der Waals surface area contributed by atoms with Crippen molar-refractivity contribution in [3.05, 3.63) is 22.3 Å². The van der Waals surface area contributed by atoms with Crippen molar-refractivity contribution in [3.8, 4) is 10.7 Å². The van der Waals surface area contributed by atoms with Crippen molar-refractivity contribution in [2.45, 2.75) is 38.3 Å². The molecule has 0 bridgehead atoms. The van der Waals surface area contributed by atoms with Gasteiger partial charge < -0.3 is 5.32 Å². The average molecular weight is 308 g/mol. The van der Waals surface area contributed by atoms with Crippen molar-refractivity contribution >= 4 is 29.5 Å². The highest BCUT2D eigenvalue weighted by molar-refractivity contribution is 7.71. The Hall–Kier alpha value is -1.47. The van der Waals surface area contributed by atoms with Gasteiger partial charge in [0.25, 0.3) is 0 Å². The molecule has 5 nitrogen and oxygen atoms in total. The molecule has 2 N–H and O–H groups in total. The van der Waals surface area contributed by atoms with E-state index in [-0.39, 0.29) is 5.91 Å². The summed E-state index contributed by atoms with van der Waals surface area (Å²) in [5.41, 5.74) is 0. The lowest BCUT2D eigenvalue weighted by Crippen LogP contribution is -2.25. The molecule has 7 heteroatoms. The minimum absolute atomic E-state index is 0.139. The maximum atomic E-state index is 11.7. The van der Waals surface area contributed by atoms with Gasteiger partial charge in [0, 0.05) is 19.0 Å². The first kappa shape index (κ1) is 13.5. The highest BCUT2D eigenvalue weighted by Gasteiger charge is 2.22. The summed E-state index contributed by atoms with van der Waals surface area (Å²) in [6.07, 6.45) is 3.56. The van der Waals surface area contributed by atoms with E-state index in [1.54, 1.807) is 11.3 Å². The minimum Gasteiger partial charge on any atom is -0.353 e. The van der Waals surface area contributed by atoms with Crippen LogP contribution in [-0.4, -0.2) is 26.7 Å². The number of thiophene rings is 1. The molecule has 106 valence electrons. The number of nitrogens with zero attached hydrogens (tertiary/aromatic N) is 2. The zero-order chi connectivity index (χ0) is 13.9. The Morgan fingerprint density at radius 3 is 3.15 bits per heavy atom. The molecule has 0 radical (unpaired) electrons. The quantitative estimate of drug-likeness (QED) is 0.807. The number of rotatable bonds is 6. The van der Waals surface area contributed by atoms with Gasteiger partial charge in [-0.2, -0.15) is 5.10 Å². The van der Waals surface area contributed by atoms with E-state index in [9.17, 15) is 4.79 Å². The standard InChI is InChI=1S/C13H16N4OS2/c18-11(14-9-5-6-9)4-1-7-17-12(15-16-13(17)19)10-3-2-8-20-10/h2-3,8-9H,1,4-7H2,(H,14,18)(H,16,19). The Balaban J connectivity index is 1.61. The molecule has 1 saturated carbocycles. The van der Waals surface area contributed by atoms with Crippen molar-refractivity contribution in [2.75, 3.05) is 0 Å². The van der Waals surface area contributed by atoms with E-state index in [4.69, 9.17) is 12.2 Å². The van der Waals surface area contributed by atoms with E-state index in [0.29, 0.717) is 23.8 Å². The van der Waals surface area contributed by atoms with Crippen LogP contribution in [0.5, 0.6) is 0 Å². The molecule has 0 spiro atoms. The number of hydrogen-bond acceptors (Lipinski definition) is 4. The first-order valence-corrected chi connectivity index (χ1v) is 8.01. The Bertz CT molecular complexity index is 640. The monoisotopic (exact) mass is 308 g/mol. The van der Waals surface area contributed by atoms with Crippen molar-refractivity contribution in [1.82, 2.24) is 20.1 Å². The molecule has 1 amide bonds. The topological polar surface area (TPSA) is 62.7 Å². The molecule has 1 aliphatic carbocycles. The zero-order valence-electron chi connectivity index (χ0n) is 11.0. The summed E-state index contributed by atoms with van der Waals surface area (Å²) in [5, 5.41) is 12.1. The summed E-state index contributed by atoms with van der Waals surface area (Å²) in [4.78, 5) is 12.7. The van der Waals surface area contributed by atoms with Crippen LogP contribution in [0.2, 0.25) is 0 Å². The molecule has 3 rings (SSSR count). The second-order valence-electron chi connectivity index (χ2n) is 4.93. The predicted molar refractivity (Wildman–Crippen MR) is 81.1 cm³/mol. The lowest BCUT2D eigenvalue weighted by Gasteiger charge is -2.06. The Kier molecular flexibility index (Phi) is 3.98. The molecule has 2 aromatic heterocycles. The van der Waals surface area contributed by atoms with Crippen LogP contribution >= 0.6 is 23.6 Å². The van der Waals surface area contributed by atoms with Crippen LogP contribution in [0.1, 0.15) is 25.7 Å².